The van der Waals surface area contributed by atoms with Gasteiger partial charge in [0.15, 0.2) is 0 Å². The highest BCUT2D eigenvalue weighted by molar-refractivity contribution is 9.10. The Morgan fingerprint density at radius 2 is 2.08 bits per heavy atom. The Morgan fingerprint density at radius 1 is 1.29 bits per heavy atom. The van der Waals surface area contributed by atoms with Crippen LogP contribution in [-0.4, -0.2) is 23.6 Å². The molecule has 0 amide bonds. The van der Waals surface area contributed by atoms with Crippen molar-refractivity contribution in [3.05, 3.63) is 64.4 Å². The number of fused-ring (bicyclic) bond motifs is 1. The lowest BCUT2D eigenvalue weighted by molar-refractivity contribution is 0.830. The molecule has 0 fully saturated rings. The van der Waals surface area contributed by atoms with Gasteiger partial charge in [0.25, 0.3) is 0 Å². The van der Waals surface area contributed by atoms with Crippen molar-refractivity contribution < 1.29 is 0 Å². The smallest absolute Gasteiger partial charge is 0.0966 e. The molecule has 3 aromatic rings. The van der Waals surface area contributed by atoms with Gasteiger partial charge in [-0.3, -0.25) is 0 Å². The first-order valence-corrected chi connectivity index (χ1v) is 8.35. The second-order valence-electron chi connectivity index (χ2n) is 5.75. The van der Waals surface area contributed by atoms with Crippen molar-refractivity contribution in [2.45, 2.75) is 6.54 Å². The molecule has 0 saturated carbocycles. The third-order valence-corrected chi connectivity index (χ3v) is 4.44. The number of benzene rings is 2. The van der Waals surface area contributed by atoms with Gasteiger partial charge in [0, 0.05) is 24.1 Å². The number of anilines is 1. The van der Waals surface area contributed by atoms with E-state index in [9.17, 15) is 5.26 Å². The van der Waals surface area contributed by atoms with Crippen molar-refractivity contribution >= 4 is 38.7 Å². The maximum Gasteiger partial charge on any atom is 0.0966 e. The lowest BCUT2D eigenvalue weighted by atomic mass is 10.1. The Morgan fingerprint density at radius 3 is 2.79 bits per heavy atom. The summed E-state index contributed by atoms with van der Waals surface area (Å²) >= 11 is 3.58. The number of para-hydroxylation sites is 2. The summed E-state index contributed by atoms with van der Waals surface area (Å²) in [6.45, 7) is 0.504. The van der Waals surface area contributed by atoms with E-state index in [4.69, 9.17) is 0 Å². The molecule has 0 spiro atoms. The fourth-order valence-corrected chi connectivity index (χ4v) is 3.36. The van der Waals surface area contributed by atoms with Crippen LogP contribution in [0.3, 0.4) is 0 Å². The van der Waals surface area contributed by atoms with Crippen molar-refractivity contribution in [2.75, 3.05) is 19.0 Å². The van der Waals surface area contributed by atoms with E-state index in [2.05, 4.69) is 27.0 Å². The summed E-state index contributed by atoms with van der Waals surface area (Å²) in [5, 5.41) is 9.50. The van der Waals surface area contributed by atoms with Crippen LogP contribution in [0.4, 0.5) is 5.69 Å². The predicted octanol–water partition coefficient (Wildman–Crippen LogP) is 4.47. The molecule has 0 atom stereocenters. The molecule has 4 nitrogen and oxygen atoms in total. The van der Waals surface area contributed by atoms with Gasteiger partial charge < -0.3 is 9.47 Å². The number of rotatable bonds is 4. The maximum absolute atomic E-state index is 9.50. The molecule has 1 aromatic heterocycles. The van der Waals surface area contributed by atoms with Crippen LogP contribution in [0.5, 0.6) is 0 Å². The number of hydrogen-bond donors (Lipinski definition) is 0. The molecule has 0 radical (unpaired) electrons. The second-order valence-corrected chi connectivity index (χ2v) is 6.60. The normalized spacial score (nSPS) is 11.5. The van der Waals surface area contributed by atoms with Gasteiger partial charge in [0.1, 0.15) is 0 Å². The zero-order valence-electron chi connectivity index (χ0n) is 13.6. The van der Waals surface area contributed by atoms with E-state index in [0.717, 1.165) is 26.8 Å². The molecule has 0 aliphatic carbocycles. The van der Waals surface area contributed by atoms with Crippen LogP contribution in [0, 0.1) is 11.3 Å². The standard InChI is InChI=1S/C19H17BrN4/c1-23(2)18-8-7-14(10-16(18)20)9-15(11-21)12-24-13-22-17-5-3-4-6-19(17)24/h3-10,13H,12H2,1-2H3/b15-9-. The lowest BCUT2D eigenvalue weighted by Gasteiger charge is -2.14. The summed E-state index contributed by atoms with van der Waals surface area (Å²) in [7, 11) is 4.00. The Kier molecular flexibility index (Phi) is 4.68. The number of halogens is 1. The van der Waals surface area contributed by atoms with Gasteiger partial charge in [-0.25, -0.2) is 4.98 Å². The van der Waals surface area contributed by atoms with Crippen LogP contribution in [-0.2, 0) is 6.54 Å². The molecule has 24 heavy (non-hydrogen) atoms. The Hall–Kier alpha value is -2.58. The van der Waals surface area contributed by atoms with Crippen LogP contribution in [0.1, 0.15) is 5.56 Å². The number of nitrogens with zero attached hydrogens (tertiary/aromatic N) is 4. The molecule has 0 N–H and O–H groups in total. The van der Waals surface area contributed by atoms with E-state index in [1.165, 1.54) is 0 Å². The lowest BCUT2D eigenvalue weighted by Crippen LogP contribution is -2.09. The summed E-state index contributed by atoms with van der Waals surface area (Å²) in [4.78, 5) is 6.41. The quantitative estimate of drug-likeness (QED) is 0.627. The average Bonchev–Trinajstić information content (AvgIpc) is 2.97. The molecule has 1 heterocycles. The van der Waals surface area contributed by atoms with Gasteiger partial charge in [-0.1, -0.05) is 18.2 Å². The Bertz CT molecular complexity index is 947. The zero-order chi connectivity index (χ0) is 17.1. The summed E-state index contributed by atoms with van der Waals surface area (Å²) in [5.41, 5.74) is 4.75. The molecule has 120 valence electrons. The first-order chi connectivity index (χ1) is 11.6. The Labute approximate surface area is 149 Å². The van der Waals surface area contributed by atoms with Crippen molar-refractivity contribution in [2.24, 2.45) is 0 Å². The van der Waals surface area contributed by atoms with E-state index in [1.807, 2.05) is 72.1 Å². The van der Waals surface area contributed by atoms with Gasteiger partial charge in [0.2, 0.25) is 0 Å². The third kappa shape index (κ3) is 3.34. The van der Waals surface area contributed by atoms with Crippen LogP contribution in [0.2, 0.25) is 0 Å². The number of nitriles is 1. The van der Waals surface area contributed by atoms with Crippen LogP contribution in [0.25, 0.3) is 17.1 Å². The predicted molar refractivity (Wildman–Crippen MR) is 102 cm³/mol. The molecule has 0 unspecified atom stereocenters. The van der Waals surface area contributed by atoms with E-state index in [0.29, 0.717) is 12.1 Å². The second kappa shape index (κ2) is 6.90. The van der Waals surface area contributed by atoms with E-state index < -0.39 is 0 Å². The average molecular weight is 381 g/mol. The van der Waals surface area contributed by atoms with Gasteiger partial charge in [-0.2, -0.15) is 5.26 Å². The summed E-state index contributed by atoms with van der Waals surface area (Å²) < 4.78 is 3.00. The molecule has 0 aliphatic heterocycles. The van der Waals surface area contributed by atoms with Gasteiger partial charge in [0.05, 0.1) is 35.7 Å². The largest absolute Gasteiger partial charge is 0.377 e. The molecule has 2 aromatic carbocycles. The molecular weight excluding hydrogens is 364 g/mol. The maximum atomic E-state index is 9.50. The van der Waals surface area contributed by atoms with E-state index >= 15 is 0 Å². The molecule has 0 aliphatic rings. The van der Waals surface area contributed by atoms with Crippen LogP contribution in [0.15, 0.2) is 58.8 Å². The molecule has 0 bridgehead atoms. The number of allylic oxidation sites excluding steroid dienone is 1. The Balaban J connectivity index is 1.90. The van der Waals surface area contributed by atoms with Gasteiger partial charge in [-0.15, -0.1) is 0 Å². The summed E-state index contributed by atoms with van der Waals surface area (Å²) in [6, 6.07) is 16.3. The van der Waals surface area contributed by atoms with E-state index in [-0.39, 0.29) is 0 Å². The van der Waals surface area contributed by atoms with Crippen LogP contribution < -0.4 is 4.90 Å². The highest BCUT2D eigenvalue weighted by Gasteiger charge is 2.06. The minimum absolute atomic E-state index is 0.504. The first kappa shape index (κ1) is 16.3. The zero-order valence-corrected chi connectivity index (χ0v) is 15.2. The fourth-order valence-electron chi connectivity index (χ4n) is 2.61. The van der Waals surface area contributed by atoms with Crippen LogP contribution >= 0.6 is 15.9 Å². The highest BCUT2D eigenvalue weighted by atomic mass is 79.9. The summed E-state index contributed by atoms with van der Waals surface area (Å²) in [6.07, 6.45) is 3.69. The third-order valence-electron chi connectivity index (χ3n) is 3.81. The molecular formula is C19H17BrN4. The van der Waals surface area contributed by atoms with Gasteiger partial charge >= 0.3 is 0 Å². The van der Waals surface area contributed by atoms with Crippen molar-refractivity contribution in [3.8, 4) is 6.07 Å². The molecule has 0 saturated heterocycles. The molecule has 3 rings (SSSR count). The number of imidazole rings is 1. The van der Waals surface area contributed by atoms with Crippen molar-refractivity contribution in [1.82, 2.24) is 9.55 Å². The van der Waals surface area contributed by atoms with Crippen molar-refractivity contribution in [1.29, 1.82) is 5.26 Å². The minimum atomic E-state index is 0.504. The number of aromatic nitrogens is 2. The number of hydrogen-bond acceptors (Lipinski definition) is 3. The first-order valence-electron chi connectivity index (χ1n) is 7.56. The SMILES string of the molecule is CN(C)c1ccc(/C=C(/C#N)Cn2cnc3ccccc32)cc1Br. The minimum Gasteiger partial charge on any atom is -0.377 e. The van der Waals surface area contributed by atoms with E-state index in [1.54, 1.807) is 6.33 Å². The fraction of sp³-hybridized carbons (Fsp3) is 0.158. The van der Waals surface area contributed by atoms with Gasteiger partial charge in [-0.05, 0) is 51.8 Å². The molecule has 5 heteroatoms. The van der Waals surface area contributed by atoms with Crippen molar-refractivity contribution in [3.63, 3.8) is 0 Å². The highest BCUT2D eigenvalue weighted by Crippen LogP contribution is 2.27. The summed E-state index contributed by atoms with van der Waals surface area (Å²) in [5.74, 6) is 0. The topological polar surface area (TPSA) is 44.9 Å². The monoisotopic (exact) mass is 380 g/mol.